The molecule has 1 fully saturated rings. The normalized spacial score (nSPS) is 18.3. The largest absolute Gasteiger partial charge is 0.394 e. The van der Waals surface area contributed by atoms with Crippen LogP contribution in [0.15, 0.2) is 23.1 Å². The summed E-state index contributed by atoms with van der Waals surface area (Å²) in [4.78, 5) is 12.4. The smallest absolute Gasteiger partial charge is 0.243 e. The van der Waals surface area contributed by atoms with E-state index in [0.29, 0.717) is 30.8 Å². The van der Waals surface area contributed by atoms with E-state index in [1.165, 1.54) is 4.31 Å². The third-order valence-corrected chi connectivity index (χ3v) is 6.49. The number of hydrogen-bond acceptors (Lipinski definition) is 4. The molecule has 1 atom stereocenters. The molecule has 0 spiro atoms. The van der Waals surface area contributed by atoms with E-state index in [9.17, 15) is 13.2 Å². The molecule has 0 aliphatic carbocycles. The zero-order chi connectivity index (χ0) is 17.9. The van der Waals surface area contributed by atoms with Gasteiger partial charge in [0.25, 0.3) is 0 Å². The van der Waals surface area contributed by atoms with E-state index >= 15 is 0 Å². The van der Waals surface area contributed by atoms with Crippen molar-refractivity contribution in [3.8, 4) is 0 Å². The van der Waals surface area contributed by atoms with Crippen molar-refractivity contribution in [3.63, 3.8) is 0 Å². The van der Waals surface area contributed by atoms with Gasteiger partial charge in [-0.25, -0.2) is 8.42 Å². The first-order valence-corrected chi connectivity index (χ1v) is 9.68. The van der Waals surface area contributed by atoms with Gasteiger partial charge in [0.15, 0.2) is 0 Å². The summed E-state index contributed by atoms with van der Waals surface area (Å²) in [5.41, 5.74) is 1.77. The standard InChI is InChI=1S/C17H26N2O4S/c1-12-4-5-16(13(2)10-12)24(22,23)19-8-6-15(7-9-19)17(21)18-14(3)11-20/h4-5,10,14-15,20H,6-9,11H2,1-3H3,(H,18,21). The van der Waals surface area contributed by atoms with Crippen molar-refractivity contribution >= 4 is 15.9 Å². The van der Waals surface area contributed by atoms with Crippen LogP contribution in [0.4, 0.5) is 0 Å². The fourth-order valence-electron chi connectivity index (χ4n) is 2.99. The fourth-order valence-corrected chi connectivity index (χ4v) is 4.67. The maximum absolute atomic E-state index is 12.8. The van der Waals surface area contributed by atoms with Crippen molar-refractivity contribution in [1.29, 1.82) is 0 Å². The van der Waals surface area contributed by atoms with Crippen molar-refractivity contribution < 1.29 is 18.3 Å². The summed E-state index contributed by atoms with van der Waals surface area (Å²) in [5, 5.41) is 11.7. The van der Waals surface area contributed by atoms with E-state index in [1.54, 1.807) is 26.0 Å². The second kappa shape index (κ2) is 7.63. The molecular weight excluding hydrogens is 328 g/mol. The van der Waals surface area contributed by atoms with Gasteiger partial charge in [0.2, 0.25) is 15.9 Å². The minimum Gasteiger partial charge on any atom is -0.394 e. The third-order valence-electron chi connectivity index (χ3n) is 4.44. The van der Waals surface area contributed by atoms with Crippen LogP contribution in [-0.4, -0.2) is 49.5 Å². The van der Waals surface area contributed by atoms with Gasteiger partial charge in [-0.1, -0.05) is 17.7 Å². The van der Waals surface area contributed by atoms with Crippen LogP contribution in [0.3, 0.4) is 0 Å². The van der Waals surface area contributed by atoms with E-state index in [2.05, 4.69) is 5.32 Å². The first kappa shape index (κ1) is 18.9. The topological polar surface area (TPSA) is 86.7 Å². The number of rotatable bonds is 5. The zero-order valence-electron chi connectivity index (χ0n) is 14.4. The summed E-state index contributed by atoms with van der Waals surface area (Å²) in [6, 6.07) is 5.04. The van der Waals surface area contributed by atoms with Crippen molar-refractivity contribution in [2.24, 2.45) is 5.92 Å². The van der Waals surface area contributed by atoms with Crippen LogP contribution in [-0.2, 0) is 14.8 Å². The molecule has 24 heavy (non-hydrogen) atoms. The SMILES string of the molecule is Cc1ccc(S(=O)(=O)N2CCC(C(=O)NC(C)CO)CC2)c(C)c1. The molecule has 6 nitrogen and oxygen atoms in total. The van der Waals surface area contributed by atoms with Crippen molar-refractivity contribution in [2.75, 3.05) is 19.7 Å². The van der Waals surface area contributed by atoms with Crippen molar-refractivity contribution in [2.45, 2.75) is 44.6 Å². The van der Waals surface area contributed by atoms with E-state index in [4.69, 9.17) is 5.11 Å². The number of amides is 1. The van der Waals surface area contributed by atoms with E-state index in [-0.39, 0.29) is 24.5 Å². The molecule has 7 heteroatoms. The van der Waals surface area contributed by atoms with E-state index < -0.39 is 10.0 Å². The molecule has 0 aromatic heterocycles. The van der Waals surface area contributed by atoms with Gasteiger partial charge >= 0.3 is 0 Å². The number of carbonyl (C=O) groups is 1. The Balaban J connectivity index is 2.04. The quantitative estimate of drug-likeness (QED) is 0.832. The average Bonchev–Trinajstić information content (AvgIpc) is 2.54. The number of aliphatic hydroxyl groups excluding tert-OH is 1. The first-order chi connectivity index (χ1) is 11.3. The molecule has 2 N–H and O–H groups in total. The van der Waals surface area contributed by atoms with Crippen LogP contribution < -0.4 is 5.32 Å². The molecule has 2 rings (SSSR count). The highest BCUT2D eigenvalue weighted by atomic mass is 32.2. The molecule has 0 bridgehead atoms. The number of benzene rings is 1. The number of aliphatic hydroxyl groups is 1. The van der Waals surface area contributed by atoms with E-state index in [1.807, 2.05) is 13.0 Å². The predicted molar refractivity (Wildman–Crippen MR) is 92.1 cm³/mol. The highest BCUT2D eigenvalue weighted by Crippen LogP contribution is 2.26. The van der Waals surface area contributed by atoms with E-state index in [0.717, 1.165) is 11.1 Å². The lowest BCUT2D eigenvalue weighted by Crippen LogP contribution is -2.45. The Kier molecular flexibility index (Phi) is 6.01. The summed E-state index contributed by atoms with van der Waals surface area (Å²) in [6.45, 7) is 6.03. The van der Waals surface area contributed by atoms with Gasteiger partial charge in [0.05, 0.1) is 11.5 Å². The van der Waals surface area contributed by atoms with Gasteiger partial charge < -0.3 is 10.4 Å². The molecule has 1 aromatic carbocycles. The van der Waals surface area contributed by atoms with Crippen LogP contribution in [0.5, 0.6) is 0 Å². The van der Waals surface area contributed by atoms with Gasteiger partial charge in [-0.3, -0.25) is 4.79 Å². The molecule has 1 saturated heterocycles. The summed E-state index contributed by atoms with van der Waals surface area (Å²) >= 11 is 0. The van der Waals surface area contributed by atoms with Crippen LogP contribution >= 0.6 is 0 Å². The fraction of sp³-hybridized carbons (Fsp3) is 0.588. The first-order valence-electron chi connectivity index (χ1n) is 8.24. The van der Waals surface area contributed by atoms with Gasteiger partial charge in [0, 0.05) is 25.0 Å². The van der Waals surface area contributed by atoms with Crippen LogP contribution in [0, 0.1) is 19.8 Å². The molecule has 1 unspecified atom stereocenters. The van der Waals surface area contributed by atoms with Crippen LogP contribution in [0.2, 0.25) is 0 Å². The predicted octanol–water partition coefficient (Wildman–Crippen LogP) is 1.20. The Morgan fingerprint density at radius 2 is 1.96 bits per heavy atom. The molecule has 1 aromatic rings. The molecule has 1 aliphatic rings. The minimum absolute atomic E-state index is 0.105. The number of aryl methyl sites for hydroxylation is 2. The number of nitrogens with one attached hydrogen (secondary N) is 1. The molecule has 1 heterocycles. The molecule has 1 amide bonds. The van der Waals surface area contributed by atoms with Gasteiger partial charge in [-0.05, 0) is 45.2 Å². The Labute approximate surface area is 143 Å². The lowest BCUT2D eigenvalue weighted by Gasteiger charge is -2.31. The number of nitrogens with zero attached hydrogens (tertiary/aromatic N) is 1. The van der Waals surface area contributed by atoms with Crippen LogP contribution in [0.25, 0.3) is 0 Å². The summed E-state index contributed by atoms with van der Waals surface area (Å²) in [5.74, 6) is -0.315. The molecule has 0 saturated carbocycles. The van der Waals surface area contributed by atoms with Gasteiger partial charge in [-0.2, -0.15) is 4.31 Å². The van der Waals surface area contributed by atoms with Gasteiger partial charge in [0.1, 0.15) is 0 Å². The average molecular weight is 354 g/mol. The number of hydrogen-bond donors (Lipinski definition) is 2. The summed E-state index contributed by atoms with van der Waals surface area (Å²) in [6.07, 6.45) is 0.988. The van der Waals surface area contributed by atoms with Gasteiger partial charge in [-0.15, -0.1) is 0 Å². The lowest BCUT2D eigenvalue weighted by atomic mass is 9.97. The summed E-state index contributed by atoms with van der Waals surface area (Å²) < 4.78 is 27.1. The highest BCUT2D eigenvalue weighted by Gasteiger charge is 2.33. The molecule has 1 aliphatic heterocycles. The highest BCUT2D eigenvalue weighted by molar-refractivity contribution is 7.89. The third kappa shape index (κ3) is 4.15. The summed E-state index contributed by atoms with van der Waals surface area (Å²) in [7, 11) is -3.52. The second-order valence-electron chi connectivity index (χ2n) is 6.54. The lowest BCUT2D eigenvalue weighted by molar-refractivity contribution is -0.127. The Morgan fingerprint density at radius 3 is 2.50 bits per heavy atom. The minimum atomic E-state index is -3.52. The number of sulfonamides is 1. The maximum atomic E-state index is 12.8. The number of carbonyl (C=O) groups excluding carboxylic acids is 1. The molecule has 134 valence electrons. The molecule has 0 radical (unpaired) electrons. The Bertz CT molecular complexity index is 695. The number of piperidine rings is 1. The zero-order valence-corrected chi connectivity index (χ0v) is 15.3. The maximum Gasteiger partial charge on any atom is 0.243 e. The molecular formula is C17H26N2O4S. The van der Waals surface area contributed by atoms with Crippen molar-refractivity contribution in [3.05, 3.63) is 29.3 Å². The monoisotopic (exact) mass is 354 g/mol. The second-order valence-corrected chi connectivity index (χ2v) is 8.45. The Hall–Kier alpha value is -1.44. The van der Waals surface area contributed by atoms with Crippen molar-refractivity contribution in [1.82, 2.24) is 9.62 Å². The Morgan fingerprint density at radius 1 is 1.33 bits per heavy atom. The van der Waals surface area contributed by atoms with Crippen LogP contribution in [0.1, 0.15) is 30.9 Å².